The van der Waals surface area contributed by atoms with E-state index in [1.807, 2.05) is 0 Å². The summed E-state index contributed by atoms with van der Waals surface area (Å²) in [5, 5.41) is 0. The fraction of sp³-hybridized carbons (Fsp3) is 0.730. The van der Waals surface area contributed by atoms with E-state index in [1.165, 1.54) is 122 Å². The number of rotatable bonds is 52. The van der Waals surface area contributed by atoms with E-state index >= 15 is 0 Å². The van der Waals surface area contributed by atoms with Gasteiger partial charge in [0.15, 0.2) is 6.10 Å². The normalized spacial score (nSPS) is 12.7. The Hall–Kier alpha value is -3.41. The third-order valence-electron chi connectivity index (χ3n) is 12.4. The summed E-state index contributed by atoms with van der Waals surface area (Å²) in [6, 6.07) is 0. The Morgan fingerprint density at radius 3 is 0.913 bits per heavy atom. The van der Waals surface area contributed by atoms with Gasteiger partial charge in [-0.15, -0.1) is 0 Å². The molecule has 0 saturated carbocycles. The molecule has 0 bridgehead atoms. The van der Waals surface area contributed by atoms with Crippen molar-refractivity contribution in [3.05, 3.63) is 85.1 Å². The van der Waals surface area contributed by atoms with E-state index in [1.54, 1.807) is 0 Å². The molecule has 0 amide bonds. The van der Waals surface area contributed by atoms with Crippen LogP contribution < -0.4 is 0 Å². The largest absolute Gasteiger partial charge is 0.462 e. The summed E-state index contributed by atoms with van der Waals surface area (Å²) in [4.78, 5) is 38.2. The fourth-order valence-electron chi connectivity index (χ4n) is 7.99. The molecule has 69 heavy (non-hydrogen) atoms. The number of hydrogen-bond acceptors (Lipinski definition) is 6. The molecule has 1 unspecified atom stereocenters. The lowest BCUT2D eigenvalue weighted by Gasteiger charge is -2.18. The second-order valence-electron chi connectivity index (χ2n) is 19.2. The Labute approximate surface area is 426 Å². The van der Waals surface area contributed by atoms with Gasteiger partial charge in [0.25, 0.3) is 0 Å². The van der Waals surface area contributed by atoms with Crippen LogP contribution in [0.5, 0.6) is 0 Å². The summed E-state index contributed by atoms with van der Waals surface area (Å²) in [5.74, 6) is -0.926. The molecule has 6 nitrogen and oxygen atoms in total. The van der Waals surface area contributed by atoms with Crippen molar-refractivity contribution in [2.45, 2.75) is 284 Å². The SMILES string of the molecule is CC/C=C\C/C=C\C/C=C\C/C=C\CCCCCCC(=O)OC(COC(=O)CCCCCCC/C=C\CCCCCCCCC)COC(=O)CCCCCCCCC/C=C\C/C=C\CCCCCC. The van der Waals surface area contributed by atoms with E-state index in [2.05, 4.69) is 106 Å². The number of unbranched alkanes of at least 4 members (excludes halogenated alkanes) is 27. The van der Waals surface area contributed by atoms with Gasteiger partial charge in [-0.25, -0.2) is 0 Å². The van der Waals surface area contributed by atoms with E-state index in [0.29, 0.717) is 19.3 Å². The smallest absolute Gasteiger partial charge is 0.306 e. The predicted molar refractivity (Wildman–Crippen MR) is 297 cm³/mol. The molecule has 0 heterocycles. The van der Waals surface area contributed by atoms with Crippen LogP contribution in [0.1, 0.15) is 278 Å². The van der Waals surface area contributed by atoms with E-state index < -0.39 is 6.10 Å². The molecule has 0 aromatic rings. The molecule has 0 rings (SSSR count). The van der Waals surface area contributed by atoms with Crippen LogP contribution in [0.2, 0.25) is 0 Å². The predicted octanol–water partition coefficient (Wildman–Crippen LogP) is 19.5. The molecule has 0 aliphatic carbocycles. The zero-order valence-electron chi connectivity index (χ0n) is 45.3. The maximum atomic E-state index is 12.9. The number of ether oxygens (including phenoxy) is 3. The van der Waals surface area contributed by atoms with Gasteiger partial charge in [-0.3, -0.25) is 14.4 Å². The number of hydrogen-bond donors (Lipinski definition) is 0. The average molecular weight is 962 g/mol. The molecule has 396 valence electrons. The van der Waals surface area contributed by atoms with Gasteiger partial charge in [0, 0.05) is 19.3 Å². The summed E-state index contributed by atoms with van der Waals surface area (Å²) in [6.07, 6.45) is 74.2. The van der Waals surface area contributed by atoms with Crippen molar-refractivity contribution in [2.24, 2.45) is 0 Å². The minimum Gasteiger partial charge on any atom is -0.462 e. The Balaban J connectivity index is 4.45. The van der Waals surface area contributed by atoms with Crippen molar-refractivity contribution in [3.63, 3.8) is 0 Å². The highest BCUT2D eigenvalue weighted by Gasteiger charge is 2.19. The first-order chi connectivity index (χ1) is 34.0. The van der Waals surface area contributed by atoms with Gasteiger partial charge >= 0.3 is 17.9 Å². The lowest BCUT2D eigenvalue weighted by Crippen LogP contribution is -2.30. The van der Waals surface area contributed by atoms with Crippen LogP contribution >= 0.6 is 0 Å². The van der Waals surface area contributed by atoms with Crippen LogP contribution in [0, 0.1) is 0 Å². The van der Waals surface area contributed by atoms with E-state index in [0.717, 1.165) is 116 Å². The first-order valence-electron chi connectivity index (χ1n) is 29.1. The number of esters is 3. The third-order valence-corrected chi connectivity index (χ3v) is 12.4. The molecule has 0 saturated heterocycles. The van der Waals surface area contributed by atoms with Gasteiger partial charge in [-0.1, -0.05) is 228 Å². The van der Waals surface area contributed by atoms with Gasteiger partial charge in [-0.2, -0.15) is 0 Å². The van der Waals surface area contributed by atoms with Crippen LogP contribution in [-0.2, 0) is 28.6 Å². The van der Waals surface area contributed by atoms with E-state index in [9.17, 15) is 14.4 Å². The number of carbonyl (C=O) groups excluding carboxylic acids is 3. The maximum Gasteiger partial charge on any atom is 0.306 e. The highest BCUT2D eigenvalue weighted by Crippen LogP contribution is 2.14. The molecule has 0 aliphatic heterocycles. The summed E-state index contributed by atoms with van der Waals surface area (Å²) < 4.78 is 16.9. The highest BCUT2D eigenvalue weighted by atomic mass is 16.6. The summed E-state index contributed by atoms with van der Waals surface area (Å²) in [6.45, 7) is 6.49. The summed E-state index contributed by atoms with van der Waals surface area (Å²) >= 11 is 0. The van der Waals surface area contributed by atoms with Crippen molar-refractivity contribution >= 4 is 17.9 Å². The Morgan fingerprint density at radius 1 is 0.304 bits per heavy atom. The molecular formula is C63H108O6. The zero-order chi connectivity index (χ0) is 50.0. The van der Waals surface area contributed by atoms with Gasteiger partial charge in [0.1, 0.15) is 13.2 Å². The molecule has 0 radical (unpaired) electrons. The molecule has 0 fully saturated rings. The maximum absolute atomic E-state index is 12.9. The zero-order valence-corrected chi connectivity index (χ0v) is 45.3. The van der Waals surface area contributed by atoms with E-state index in [4.69, 9.17) is 14.2 Å². The highest BCUT2D eigenvalue weighted by molar-refractivity contribution is 5.71. The van der Waals surface area contributed by atoms with E-state index in [-0.39, 0.29) is 31.1 Å². The van der Waals surface area contributed by atoms with Gasteiger partial charge in [0.2, 0.25) is 0 Å². The monoisotopic (exact) mass is 961 g/mol. The number of carbonyl (C=O) groups is 3. The fourth-order valence-corrected chi connectivity index (χ4v) is 7.99. The van der Waals surface area contributed by atoms with Crippen molar-refractivity contribution in [3.8, 4) is 0 Å². The first-order valence-corrected chi connectivity index (χ1v) is 29.1. The quantitative estimate of drug-likeness (QED) is 0.0262. The second kappa shape index (κ2) is 57.2. The third kappa shape index (κ3) is 55.4. The standard InChI is InChI=1S/C63H108O6/c1-4-7-10-13-16-19-22-25-28-31-33-35-38-41-44-47-50-53-56-62(65)68-59-60(58-67-61(64)55-52-49-46-43-40-37-34-30-27-24-21-18-15-12-9-6-3)69-63(66)57-54-51-48-45-42-39-36-32-29-26-23-20-17-14-11-8-5-2/h8,11,17,19-20,22,26,28-31,34,36,39,60H,4-7,9-10,12-16,18,21,23-25,27,32-33,35,37-38,40-59H2,1-3H3/b11-8-,20-17-,22-19-,29-26-,31-28-,34-30-,39-36-. The second-order valence-corrected chi connectivity index (χ2v) is 19.2. The van der Waals surface area contributed by atoms with Crippen molar-refractivity contribution in [1.82, 2.24) is 0 Å². The molecule has 0 aliphatic rings. The van der Waals surface area contributed by atoms with Crippen LogP contribution in [0.4, 0.5) is 0 Å². The van der Waals surface area contributed by atoms with Gasteiger partial charge in [0.05, 0.1) is 0 Å². The Kier molecular flexibility index (Phi) is 54.3. The van der Waals surface area contributed by atoms with Crippen LogP contribution in [0.25, 0.3) is 0 Å². The topological polar surface area (TPSA) is 78.9 Å². The minimum absolute atomic E-state index is 0.0933. The number of allylic oxidation sites excluding steroid dienone is 14. The molecule has 0 N–H and O–H groups in total. The van der Waals surface area contributed by atoms with Gasteiger partial charge in [-0.05, 0) is 116 Å². The summed E-state index contributed by atoms with van der Waals surface area (Å²) in [5.41, 5.74) is 0. The van der Waals surface area contributed by atoms with Crippen molar-refractivity contribution in [1.29, 1.82) is 0 Å². The lowest BCUT2D eigenvalue weighted by molar-refractivity contribution is -0.167. The van der Waals surface area contributed by atoms with Crippen molar-refractivity contribution < 1.29 is 28.6 Å². The molecular weight excluding hydrogens is 853 g/mol. The molecule has 0 spiro atoms. The van der Waals surface area contributed by atoms with Crippen LogP contribution in [0.3, 0.4) is 0 Å². The van der Waals surface area contributed by atoms with Crippen LogP contribution in [-0.4, -0.2) is 37.2 Å². The Bertz CT molecular complexity index is 1330. The average Bonchev–Trinajstić information content (AvgIpc) is 3.35. The lowest BCUT2D eigenvalue weighted by atomic mass is 10.1. The molecule has 6 heteroatoms. The molecule has 0 aromatic heterocycles. The first kappa shape index (κ1) is 65.6. The molecule has 0 aromatic carbocycles. The minimum atomic E-state index is -0.797. The van der Waals surface area contributed by atoms with Crippen LogP contribution in [0.15, 0.2) is 85.1 Å². The summed E-state index contributed by atoms with van der Waals surface area (Å²) in [7, 11) is 0. The Morgan fingerprint density at radius 2 is 0.565 bits per heavy atom. The van der Waals surface area contributed by atoms with Gasteiger partial charge < -0.3 is 14.2 Å². The molecule has 1 atom stereocenters. The van der Waals surface area contributed by atoms with Crippen molar-refractivity contribution in [2.75, 3.05) is 13.2 Å².